The molecule has 1 saturated carbocycles. The summed E-state index contributed by atoms with van der Waals surface area (Å²) in [5.74, 6) is 1.91. The number of nitrogens with one attached hydrogen (secondary N) is 1. The first-order valence-corrected chi connectivity index (χ1v) is 7.63. The van der Waals surface area contributed by atoms with Gasteiger partial charge in [0.15, 0.2) is 0 Å². The Hall–Kier alpha value is -0.0800. The van der Waals surface area contributed by atoms with Gasteiger partial charge in [0.2, 0.25) is 0 Å². The third-order valence-corrected chi connectivity index (χ3v) is 4.67. The molecule has 0 aromatic rings. The number of likely N-dealkylation sites (tertiary alicyclic amines) is 1. The fourth-order valence-electron chi connectivity index (χ4n) is 3.23. The molecule has 1 saturated heterocycles. The van der Waals surface area contributed by atoms with E-state index in [-0.39, 0.29) is 0 Å². The topological polar surface area (TPSA) is 15.3 Å². The van der Waals surface area contributed by atoms with E-state index < -0.39 is 0 Å². The van der Waals surface area contributed by atoms with Crippen molar-refractivity contribution in [2.75, 3.05) is 20.1 Å². The molecule has 17 heavy (non-hydrogen) atoms. The number of nitrogens with zero attached hydrogens (tertiary/aromatic N) is 1. The second kappa shape index (κ2) is 6.19. The Bertz CT molecular complexity index is 225. The second-order valence-corrected chi connectivity index (χ2v) is 6.40. The summed E-state index contributed by atoms with van der Waals surface area (Å²) in [5, 5.41) is 3.90. The fraction of sp³-hybridized carbons (Fsp3) is 1.00. The SMILES string of the molecule is CCC(CC1CC1)NC(C)C1CCCN(C)C1. The number of hydrogen-bond acceptors (Lipinski definition) is 2. The van der Waals surface area contributed by atoms with Gasteiger partial charge in [-0.2, -0.15) is 0 Å². The van der Waals surface area contributed by atoms with E-state index in [4.69, 9.17) is 0 Å². The van der Waals surface area contributed by atoms with Gasteiger partial charge in [0.25, 0.3) is 0 Å². The zero-order chi connectivity index (χ0) is 12.3. The maximum atomic E-state index is 3.90. The van der Waals surface area contributed by atoms with E-state index in [1.807, 2.05) is 0 Å². The van der Waals surface area contributed by atoms with Crippen LogP contribution < -0.4 is 5.32 Å². The molecule has 0 radical (unpaired) electrons. The largest absolute Gasteiger partial charge is 0.311 e. The predicted molar refractivity (Wildman–Crippen MR) is 74.2 cm³/mol. The summed E-state index contributed by atoms with van der Waals surface area (Å²) in [6, 6.07) is 1.46. The lowest BCUT2D eigenvalue weighted by atomic mass is 9.91. The molecule has 0 spiro atoms. The first-order chi connectivity index (χ1) is 8.19. The molecule has 2 nitrogen and oxygen atoms in total. The van der Waals surface area contributed by atoms with Crippen molar-refractivity contribution in [2.24, 2.45) is 11.8 Å². The lowest BCUT2D eigenvalue weighted by Gasteiger charge is -2.35. The van der Waals surface area contributed by atoms with Crippen LogP contribution in [0.2, 0.25) is 0 Å². The number of hydrogen-bond donors (Lipinski definition) is 1. The molecule has 2 rings (SSSR count). The normalized spacial score (nSPS) is 30.2. The van der Waals surface area contributed by atoms with Crippen LogP contribution in [0, 0.1) is 11.8 Å². The minimum absolute atomic E-state index is 0.696. The van der Waals surface area contributed by atoms with Gasteiger partial charge in [0.05, 0.1) is 0 Å². The van der Waals surface area contributed by atoms with Gasteiger partial charge in [-0.15, -0.1) is 0 Å². The third kappa shape index (κ3) is 4.26. The molecule has 2 heteroatoms. The molecule has 2 aliphatic rings. The molecule has 100 valence electrons. The van der Waals surface area contributed by atoms with Crippen LogP contribution in [0.3, 0.4) is 0 Å². The van der Waals surface area contributed by atoms with Crippen molar-refractivity contribution >= 4 is 0 Å². The molecule has 1 aliphatic heterocycles. The van der Waals surface area contributed by atoms with E-state index in [0.29, 0.717) is 6.04 Å². The van der Waals surface area contributed by atoms with Crippen LogP contribution in [-0.4, -0.2) is 37.1 Å². The van der Waals surface area contributed by atoms with Crippen LogP contribution in [0.5, 0.6) is 0 Å². The van der Waals surface area contributed by atoms with Crippen molar-refractivity contribution in [1.29, 1.82) is 0 Å². The predicted octanol–water partition coefficient (Wildman–Crippen LogP) is 2.89. The summed E-state index contributed by atoms with van der Waals surface area (Å²) >= 11 is 0. The number of piperidine rings is 1. The van der Waals surface area contributed by atoms with E-state index in [0.717, 1.165) is 17.9 Å². The van der Waals surface area contributed by atoms with Gasteiger partial charge in [0.1, 0.15) is 0 Å². The van der Waals surface area contributed by atoms with E-state index in [2.05, 4.69) is 31.1 Å². The summed E-state index contributed by atoms with van der Waals surface area (Å²) in [5.41, 5.74) is 0. The Morgan fingerprint density at radius 3 is 2.65 bits per heavy atom. The summed E-state index contributed by atoms with van der Waals surface area (Å²) < 4.78 is 0. The Morgan fingerprint density at radius 1 is 1.29 bits per heavy atom. The summed E-state index contributed by atoms with van der Waals surface area (Å²) in [7, 11) is 2.26. The van der Waals surface area contributed by atoms with E-state index in [9.17, 15) is 0 Å². The van der Waals surface area contributed by atoms with Crippen molar-refractivity contribution in [3.8, 4) is 0 Å². The van der Waals surface area contributed by atoms with Gasteiger partial charge < -0.3 is 10.2 Å². The number of rotatable bonds is 6. The highest BCUT2D eigenvalue weighted by Gasteiger charge is 2.28. The molecule has 0 aromatic carbocycles. The lowest BCUT2D eigenvalue weighted by molar-refractivity contribution is 0.170. The van der Waals surface area contributed by atoms with E-state index in [1.54, 1.807) is 0 Å². The first-order valence-electron chi connectivity index (χ1n) is 7.63. The molecule has 1 N–H and O–H groups in total. The minimum atomic E-state index is 0.696. The van der Waals surface area contributed by atoms with Crippen LogP contribution in [0.25, 0.3) is 0 Å². The zero-order valence-electron chi connectivity index (χ0n) is 11.9. The maximum absolute atomic E-state index is 3.90. The molecule has 0 amide bonds. The van der Waals surface area contributed by atoms with Crippen LogP contribution in [0.15, 0.2) is 0 Å². The zero-order valence-corrected chi connectivity index (χ0v) is 11.9. The molecule has 0 aromatic heterocycles. The van der Waals surface area contributed by atoms with Crippen molar-refractivity contribution in [1.82, 2.24) is 10.2 Å². The summed E-state index contributed by atoms with van der Waals surface area (Å²) in [6.07, 6.45) is 8.48. The van der Waals surface area contributed by atoms with Crippen LogP contribution in [0.1, 0.15) is 52.4 Å². The van der Waals surface area contributed by atoms with Gasteiger partial charge in [-0.1, -0.05) is 19.8 Å². The molecule has 1 heterocycles. The van der Waals surface area contributed by atoms with Gasteiger partial charge in [0, 0.05) is 18.6 Å². The Balaban J connectivity index is 1.75. The highest BCUT2D eigenvalue weighted by molar-refractivity contribution is 4.85. The minimum Gasteiger partial charge on any atom is -0.311 e. The molecule has 1 aliphatic carbocycles. The standard InChI is InChI=1S/C15H30N2/c1-4-15(10-13-7-8-13)16-12(2)14-6-5-9-17(3)11-14/h12-16H,4-11H2,1-3H3. The molecule has 3 atom stereocenters. The van der Waals surface area contributed by atoms with Gasteiger partial charge in [-0.05, 0) is 58.0 Å². The average Bonchev–Trinajstić information content (AvgIpc) is 3.12. The fourth-order valence-corrected chi connectivity index (χ4v) is 3.23. The van der Waals surface area contributed by atoms with Gasteiger partial charge in [-0.25, -0.2) is 0 Å². The van der Waals surface area contributed by atoms with Crippen LogP contribution in [0.4, 0.5) is 0 Å². The Morgan fingerprint density at radius 2 is 2.06 bits per heavy atom. The third-order valence-electron chi connectivity index (χ3n) is 4.67. The highest BCUT2D eigenvalue weighted by atomic mass is 15.1. The quantitative estimate of drug-likeness (QED) is 0.765. The van der Waals surface area contributed by atoms with Crippen molar-refractivity contribution in [3.63, 3.8) is 0 Å². The average molecular weight is 238 g/mol. The maximum Gasteiger partial charge on any atom is 0.00818 e. The second-order valence-electron chi connectivity index (χ2n) is 6.40. The Labute approximate surface area is 107 Å². The summed E-state index contributed by atoms with van der Waals surface area (Å²) in [6.45, 7) is 7.32. The molecule has 3 unspecified atom stereocenters. The van der Waals surface area contributed by atoms with E-state index >= 15 is 0 Å². The monoisotopic (exact) mass is 238 g/mol. The van der Waals surface area contributed by atoms with Crippen LogP contribution in [-0.2, 0) is 0 Å². The van der Waals surface area contributed by atoms with Crippen molar-refractivity contribution < 1.29 is 0 Å². The summed E-state index contributed by atoms with van der Waals surface area (Å²) in [4.78, 5) is 2.49. The molecular formula is C15H30N2. The van der Waals surface area contributed by atoms with Gasteiger partial charge in [-0.3, -0.25) is 0 Å². The van der Waals surface area contributed by atoms with Crippen LogP contribution >= 0.6 is 0 Å². The van der Waals surface area contributed by atoms with Crippen molar-refractivity contribution in [2.45, 2.75) is 64.5 Å². The highest BCUT2D eigenvalue weighted by Crippen LogP contribution is 2.34. The molecular weight excluding hydrogens is 208 g/mol. The van der Waals surface area contributed by atoms with Gasteiger partial charge >= 0.3 is 0 Å². The first kappa shape index (κ1) is 13.4. The lowest BCUT2D eigenvalue weighted by Crippen LogP contribution is -2.46. The van der Waals surface area contributed by atoms with Crippen molar-refractivity contribution in [3.05, 3.63) is 0 Å². The molecule has 0 bridgehead atoms. The smallest absolute Gasteiger partial charge is 0.00818 e. The Kier molecular flexibility index (Phi) is 4.87. The van der Waals surface area contributed by atoms with E-state index in [1.165, 1.54) is 51.6 Å². The molecule has 2 fully saturated rings.